The molecule has 0 spiro atoms. The van der Waals surface area contributed by atoms with Gasteiger partial charge in [-0.3, -0.25) is 4.79 Å². The van der Waals surface area contributed by atoms with E-state index >= 15 is 0 Å². The summed E-state index contributed by atoms with van der Waals surface area (Å²) in [5.74, 6) is -0.664. The number of rotatable bonds is 17. The van der Waals surface area contributed by atoms with Crippen LogP contribution in [0, 0.1) is 0 Å². The molecule has 0 fully saturated rings. The van der Waals surface area contributed by atoms with Gasteiger partial charge in [0, 0.05) is 13.0 Å². The second kappa shape index (κ2) is 18.7. The van der Waals surface area contributed by atoms with Crippen molar-refractivity contribution < 1.29 is 48.4 Å². The average molecular weight is 402 g/mol. The van der Waals surface area contributed by atoms with E-state index in [0.29, 0.717) is 6.42 Å². The van der Waals surface area contributed by atoms with Crippen LogP contribution in [0.5, 0.6) is 0 Å². The van der Waals surface area contributed by atoms with E-state index in [1.807, 2.05) is 0 Å². The van der Waals surface area contributed by atoms with Crippen molar-refractivity contribution in [2.24, 2.45) is 5.73 Å². The molecule has 5 nitrogen and oxygen atoms in total. The number of unbranched alkanes of at least 4 members (excludes halogenated alkanes) is 12. The molecule has 0 aliphatic rings. The first kappa shape index (κ1) is 28.6. The average Bonchev–Trinajstić information content (AvgIpc) is 2.57. The summed E-state index contributed by atoms with van der Waals surface area (Å²) < 4.78 is 27.7. The Balaban J connectivity index is -0.00000288. The number of carbonyl (C=O) groups excluding carboxylic acids is 1. The van der Waals surface area contributed by atoms with E-state index in [1.54, 1.807) is 0 Å². The van der Waals surface area contributed by atoms with Gasteiger partial charge >= 0.3 is 45.6 Å². The van der Waals surface area contributed by atoms with Crippen LogP contribution in [0.15, 0.2) is 0 Å². The van der Waals surface area contributed by atoms with E-state index in [-0.39, 0.29) is 43.9 Å². The molecule has 0 rings (SSSR count). The molecule has 7 heteroatoms. The Bertz CT molecular complexity index is 435. The summed E-state index contributed by atoms with van der Waals surface area (Å²) in [6.07, 6.45) is 16.1. The summed E-state index contributed by atoms with van der Waals surface area (Å²) in [4.78, 5) is 11.5. The molecule has 1 atom stereocenters. The maximum atomic E-state index is 11.6. The largest absolute Gasteiger partial charge is 1.00 e. The number of carbonyl (C=O) groups is 1. The van der Waals surface area contributed by atoms with Crippen molar-refractivity contribution in [1.29, 1.82) is 0 Å². The molecule has 0 heterocycles. The van der Waals surface area contributed by atoms with Crippen LogP contribution in [0.25, 0.3) is 0 Å². The molecule has 1 unspecified atom stereocenters. The van der Waals surface area contributed by atoms with Crippen molar-refractivity contribution in [2.45, 2.75) is 109 Å². The van der Waals surface area contributed by atoms with Gasteiger partial charge in [0.2, 0.25) is 0 Å². The Morgan fingerprint density at radius 3 is 1.65 bits per heavy atom. The van der Waals surface area contributed by atoms with Crippen molar-refractivity contribution in [3.8, 4) is 0 Å². The van der Waals surface area contributed by atoms with Gasteiger partial charge in [0.25, 0.3) is 0 Å². The molecule has 0 aromatic carbocycles. The summed E-state index contributed by atoms with van der Waals surface area (Å²) in [6, 6.07) is 0. The van der Waals surface area contributed by atoms with Gasteiger partial charge in [-0.25, -0.2) is 0 Å². The molecule has 0 bridgehead atoms. The smallest absolute Gasteiger partial charge is 1.00 e. The molecular weight excluding hydrogens is 361 g/mol. The third-order valence-corrected chi connectivity index (χ3v) is 6.11. The summed E-state index contributed by atoms with van der Waals surface area (Å²) in [5.41, 5.74) is 5.29. The van der Waals surface area contributed by atoms with Crippen molar-refractivity contribution in [3.05, 3.63) is 0 Å². The van der Waals surface area contributed by atoms with Crippen LogP contribution in [0.4, 0.5) is 0 Å². The minimum Gasteiger partial charge on any atom is -1.00 e. The van der Waals surface area contributed by atoms with E-state index in [2.05, 4.69) is 11.1 Å². The zero-order chi connectivity index (χ0) is 19.0. The van der Waals surface area contributed by atoms with Gasteiger partial charge in [-0.15, -0.1) is 0 Å². The molecule has 26 heavy (non-hydrogen) atoms. The van der Waals surface area contributed by atoms with Gasteiger partial charge in [-0.2, -0.15) is 8.42 Å². The van der Waals surface area contributed by atoms with Crippen molar-refractivity contribution >= 4 is 16.1 Å². The maximum absolute atomic E-state index is 11.6. The van der Waals surface area contributed by atoms with E-state index in [1.165, 1.54) is 71.1 Å². The molecule has 152 valence electrons. The molecule has 0 amide bonds. The third kappa shape index (κ3) is 16.5. The SMILES string of the molecule is CCCCCCCCCCCCCCCC(=O)OS(=O)(=O)C(C)CN.[H-].[Na+]. The predicted octanol–water partition coefficient (Wildman–Crippen LogP) is 1.80. The van der Waals surface area contributed by atoms with Crippen LogP contribution >= 0.6 is 0 Å². The number of nitrogens with two attached hydrogens (primary N) is 1. The molecule has 0 saturated heterocycles. The van der Waals surface area contributed by atoms with Crippen molar-refractivity contribution in [3.63, 3.8) is 0 Å². The van der Waals surface area contributed by atoms with Gasteiger partial charge in [-0.05, 0) is 13.3 Å². The van der Waals surface area contributed by atoms with Crippen molar-refractivity contribution in [1.82, 2.24) is 0 Å². The zero-order valence-electron chi connectivity index (χ0n) is 18.3. The fourth-order valence-electron chi connectivity index (χ4n) is 2.66. The Hall–Kier alpha value is 0.380. The Kier molecular flexibility index (Phi) is 20.6. The minimum atomic E-state index is -3.85. The quantitative estimate of drug-likeness (QED) is 0.228. The van der Waals surface area contributed by atoms with E-state index in [9.17, 15) is 13.2 Å². The normalized spacial score (nSPS) is 12.4. The van der Waals surface area contributed by atoms with Crippen LogP contribution in [0.3, 0.4) is 0 Å². The molecular formula is C19H40NNaO4S. The van der Waals surface area contributed by atoms with Gasteiger partial charge in [0.15, 0.2) is 0 Å². The Morgan fingerprint density at radius 2 is 1.27 bits per heavy atom. The summed E-state index contributed by atoms with van der Waals surface area (Å²) in [6.45, 7) is 3.63. The maximum Gasteiger partial charge on any atom is 1.00 e. The summed E-state index contributed by atoms with van der Waals surface area (Å²) in [7, 11) is -3.85. The Morgan fingerprint density at radius 1 is 0.885 bits per heavy atom. The van der Waals surface area contributed by atoms with Crippen LogP contribution in [0.1, 0.15) is 105 Å². The third-order valence-electron chi connectivity index (χ3n) is 4.52. The standard InChI is InChI=1S/C19H39NO4S.Na.H/c1-3-4-5-6-7-8-9-10-11-12-13-14-15-16-19(21)24-25(22,23)18(2)17-20;;/h18H,3-17,20H2,1-2H3;;/q;+1;-1. The van der Waals surface area contributed by atoms with Gasteiger partial charge in [0.05, 0.1) is 0 Å². The minimum absolute atomic E-state index is 0. The summed E-state index contributed by atoms with van der Waals surface area (Å²) >= 11 is 0. The molecule has 0 aromatic rings. The first-order valence-corrected chi connectivity index (χ1v) is 11.6. The molecule has 0 aromatic heterocycles. The topological polar surface area (TPSA) is 86.5 Å². The van der Waals surface area contributed by atoms with Crippen LogP contribution in [-0.2, 0) is 19.1 Å². The summed E-state index contributed by atoms with van der Waals surface area (Å²) in [5, 5.41) is -0.844. The van der Waals surface area contributed by atoms with E-state index in [4.69, 9.17) is 5.73 Å². The first-order valence-electron chi connectivity index (χ1n) is 10.1. The van der Waals surface area contributed by atoms with Gasteiger partial charge < -0.3 is 11.3 Å². The Labute approximate surface area is 185 Å². The molecule has 0 saturated carbocycles. The predicted molar refractivity (Wildman–Crippen MR) is 105 cm³/mol. The fraction of sp³-hybridized carbons (Fsp3) is 0.947. The molecule has 0 aliphatic heterocycles. The second-order valence-electron chi connectivity index (χ2n) is 6.99. The van der Waals surface area contributed by atoms with E-state index in [0.717, 1.165) is 12.8 Å². The zero-order valence-corrected chi connectivity index (χ0v) is 20.1. The fourth-order valence-corrected chi connectivity index (χ4v) is 3.40. The molecule has 0 radical (unpaired) electrons. The molecule has 2 N–H and O–H groups in total. The van der Waals surface area contributed by atoms with Crippen molar-refractivity contribution in [2.75, 3.05) is 6.54 Å². The van der Waals surface area contributed by atoms with Crippen LogP contribution in [-0.4, -0.2) is 26.2 Å². The van der Waals surface area contributed by atoms with Gasteiger partial charge in [-0.1, -0.05) is 84.0 Å². The second-order valence-corrected chi connectivity index (χ2v) is 8.94. The van der Waals surface area contributed by atoms with Crippen LogP contribution < -0.4 is 35.3 Å². The van der Waals surface area contributed by atoms with Gasteiger partial charge in [0.1, 0.15) is 5.25 Å². The molecule has 0 aliphatic carbocycles. The van der Waals surface area contributed by atoms with E-state index < -0.39 is 21.3 Å². The van der Waals surface area contributed by atoms with Crippen LogP contribution in [0.2, 0.25) is 0 Å². The first-order chi connectivity index (χ1) is 11.9. The number of hydrogen-bond donors (Lipinski definition) is 1. The number of hydrogen-bond acceptors (Lipinski definition) is 5. The monoisotopic (exact) mass is 401 g/mol.